The molecule has 2 aromatic carbocycles. The fraction of sp³-hybridized carbons (Fsp3) is 0.211. The fourth-order valence-electron chi connectivity index (χ4n) is 2.77. The van der Waals surface area contributed by atoms with Crippen LogP contribution in [-0.4, -0.2) is 24.6 Å². The van der Waals surface area contributed by atoms with E-state index in [0.29, 0.717) is 16.8 Å². The number of nitrogens with zero attached hydrogens (tertiary/aromatic N) is 1. The summed E-state index contributed by atoms with van der Waals surface area (Å²) in [7, 11) is -3.55. The van der Waals surface area contributed by atoms with Gasteiger partial charge in [0.05, 0.1) is 17.3 Å². The van der Waals surface area contributed by atoms with Gasteiger partial charge >= 0.3 is 0 Å². The van der Waals surface area contributed by atoms with Gasteiger partial charge in [0.15, 0.2) is 14.9 Å². The molecule has 0 aliphatic rings. The Bertz CT molecular complexity index is 1120. The van der Waals surface area contributed by atoms with Crippen molar-refractivity contribution in [3.8, 4) is 0 Å². The molecule has 0 aliphatic carbocycles. The standard InChI is InChI=1S/C19H17ClF2N2O3S/c1-11-19(28(2,25)26)24-18(23-11)17(13-6-7-16(22)15(20)9-13)27-10-12-4-3-5-14(21)8-12/h3-9,17H,10H2,1-2H3,(H,23,24)/t17-/m0/s1. The molecule has 148 valence electrons. The highest BCUT2D eigenvalue weighted by atomic mass is 35.5. The minimum Gasteiger partial charge on any atom is -0.361 e. The average Bonchev–Trinajstić information content (AvgIpc) is 3.00. The molecule has 9 heteroatoms. The number of rotatable bonds is 6. The van der Waals surface area contributed by atoms with E-state index in [1.54, 1.807) is 19.1 Å². The summed E-state index contributed by atoms with van der Waals surface area (Å²) in [5.74, 6) is -0.783. The van der Waals surface area contributed by atoms with Gasteiger partial charge in [0.1, 0.15) is 23.6 Å². The monoisotopic (exact) mass is 426 g/mol. The van der Waals surface area contributed by atoms with Crippen molar-refractivity contribution in [2.75, 3.05) is 6.26 Å². The van der Waals surface area contributed by atoms with Crippen molar-refractivity contribution in [3.05, 3.63) is 81.8 Å². The van der Waals surface area contributed by atoms with Crippen LogP contribution in [0.15, 0.2) is 47.5 Å². The van der Waals surface area contributed by atoms with Gasteiger partial charge in [-0.05, 0) is 42.3 Å². The molecule has 3 aromatic rings. The lowest BCUT2D eigenvalue weighted by Gasteiger charge is -2.17. The molecule has 0 saturated heterocycles. The van der Waals surface area contributed by atoms with E-state index in [1.165, 1.54) is 30.3 Å². The number of hydrogen-bond donors (Lipinski definition) is 1. The normalized spacial score (nSPS) is 12.9. The van der Waals surface area contributed by atoms with Crippen molar-refractivity contribution in [2.24, 2.45) is 0 Å². The lowest BCUT2D eigenvalue weighted by atomic mass is 10.1. The van der Waals surface area contributed by atoms with Crippen molar-refractivity contribution in [1.82, 2.24) is 9.97 Å². The van der Waals surface area contributed by atoms with E-state index in [1.807, 2.05) is 0 Å². The highest BCUT2D eigenvalue weighted by Crippen LogP contribution is 2.30. The van der Waals surface area contributed by atoms with Gasteiger partial charge in [-0.1, -0.05) is 29.8 Å². The maximum absolute atomic E-state index is 13.6. The number of nitrogens with one attached hydrogen (secondary N) is 1. The Kier molecular flexibility index (Phi) is 5.83. The van der Waals surface area contributed by atoms with Crippen molar-refractivity contribution in [3.63, 3.8) is 0 Å². The average molecular weight is 427 g/mol. The zero-order valence-electron chi connectivity index (χ0n) is 15.0. The van der Waals surface area contributed by atoms with E-state index in [2.05, 4.69) is 9.97 Å². The van der Waals surface area contributed by atoms with E-state index in [0.717, 1.165) is 6.26 Å². The number of sulfone groups is 1. The molecule has 0 bridgehead atoms. The van der Waals surface area contributed by atoms with Crippen LogP contribution in [0.4, 0.5) is 8.78 Å². The highest BCUT2D eigenvalue weighted by Gasteiger charge is 2.24. The second kappa shape index (κ2) is 7.98. The van der Waals surface area contributed by atoms with Gasteiger partial charge in [0.25, 0.3) is 0 Å². The number of H-pyrrole nitrogens is 1. The number of halogens is 3. The van der Waals surface area contributed by atoms with Gasteiger partial charge < -0.3 is 9.72 Å². The Morgan fingerprint density at radius 3 is 2.57 bits per heavy atom. The Morgan fingerprint density at radius 1 is 1.21 bits per heavy atom. The lowest BCUT2D eigenvalue weighted by molar-refractivity contribution is 0.0612. The van der Waals surface area contributed by atoms with E-state index in [-0.39, 0.29) is 22.5 Å². The van der Waals surface area contributed by atoms with Crippen LogP contribution in [0.2, 0.25) is 5.02 Å². The van der Waals surface area contributed by atoms with E-state index >= 15 is 0 Å². The molecule has 0 aliphatic heterocycles. The predicted molar refractivity (Wildman–Crippen MR) is 101 cm³/mol. The third kappa shape index (κ3) is 4.57. The largest absolute Gasteiger partial charge is 0.361 e. The molecular weight excluding hydrogens is 410 g/mol. The number of ether oxygens (including phenoxy) is 1. The molecule has 0 fully saturated rings. The minimum absolute atomic E-state index is 0.0192. The molecular formula is C19H17ClF2N2O3S. The van der Waals surface area contributed by atoms with E-state index < -0.39 is 27.6 Å². The number of aromatic amines is 1. The first-order chi connectivity index (χ1) is 13.1. The van der Waals surface area contributed by atoms with Crippen LogP contribution in [0.5, 0.6) is 0 Å². The lowest BCUT2D eigenvalue weighted by Crippen LogP contribution is -2.09. The van der Waals surface area contributed by atoms with Crippen molar-refractivity contribution in [2.45, 2.75) is 24.7 Å². The predicted octanol–water partition coefficient (Wildman–Crippen LogP) is 4.36. The third-order valence-corrected chi connectivity index (χ3v) is 5.40. The second-order valence-corrected chi connectivity index (χ2v) is 8.66. The number of imidazole rings is 1. The van der Waals surface area contributed by atoms with Crippen LogP contribution in [0.25, 0.3) is 0 Å². The summed E-state index contributed by atoms with van der Waals surface area (Å²) in [4.78, 5) is 7.07. The molecule has 0 saturated carbocycles. The van der Waals surface area contributed by atoms with Crippen LogP contribution in [0.1, 0.15) is 28.7 Å². The number of hydrogen-bond acceptors (Lipinski definition) is 4. The van der Waals surface area contributed by atoms with Crippen molar-refractivity contribution < 1.29 is 21.9 Å². The maximum Gasteiger partial charge on any atom is 0.194 e. The summed E-state index contributed by atoms with van der Waals surface area (Å²) in [6.07, 6.45) is 0.188. The second-order valence-electron chi connectivity index (χ2n) is 6.32. The van der Waals surface area contributed by atoms with Crippen LogP contribution in [0, 0.1) is 18.6 Å². The summed E-state index contributed by atoms with van der Waals surface area (Å²) in [5, 5.41) is -0.210. The van der Waals surface area contributed by atoms with Gasteiger partial charge in [-0.2, -0.15) is 0 Å². The maximum atomic E-state index is 13.6. The quantitative estimate of drug-likeness (QED) is 0.635. The first-order valence-electron chi connectivity index (χ1n) is 8.22. The van der Waals surface area contributed by atoms with Gasteiger partial charge in [-0.15, -0.1) is 0 Å². The molecule has 0 spiro atoms. The summed E-state index contributed by atoms with van der Waals surface area (Å²) < 4.78 is 56.7. The van der Waals surface area contributed by atoms with Gasteiger partial charge in [0, 0.05) is 6.26 Å². The number of aryl methyl sites for hydroxylation is 1. The first kappa shape index (κ1) is 20.4. The molecule has 1 N–H and O–H groups in total. The zero-order valence-corrected chi connectivity index (χ0v) is 16.6. The Balaban J connectivity index is 2.00. The minimum atomic E-state index is -3.55. The summed E-state index contributed by atoms with van der Waals surface area (Å²) in [6.45, 7) is 1.60. The molecule has 0 radical (unpaired) electrons. The summed E-state index contributed by atoms with van der Waals surface area (Å²) in [5.41, 5.74) is 1.39. The van der Waals surface area contributed by atoms with E-state index in [4.69, 9.17) is 16.3 Å². The molecule has 0 amide bonds. The summed E-state index contributed by atoms with van der Waals surface area (Å²) >= 11 is 5.89. The molecule has 1 heterocycles. The van der Waals surface area contributed by atoms with Gasteiger partial charge in [0.2, 0.25) is 0 Å². The Labute approximate surface area is 166 Å². The third-order valence-electron chi connectivity index (χ3n) is 4.01. The molecule has 0 unspecified atom stereocenters. The first-order valence-corrected chi connectivity index (χ1v) is 10.5. The Morgan fingerprint density at radius 2 is 1.96 bits per heavy atom. The van der Waals surface area contributed by atoms with Crippen LogP contribution < -0.4 is 0 Å². The van der Waals surface area contributed by atoms with Gasteiger partial charge in [-0.3, -0.25) is 0 Å². The topological polar surface area (TPSA) is 72.0 Å². The molecule has 1 atom stereocenters. The van der Waals surface area contributed by atoms with E-state index in [9.17, 15) is 17.2 Å². The molecule has 1 aromatic heterocycles. The SMILES string of the molecule is Cc1[nH]c([C@@H](OCc2cccc(F)c2)c2ccc(F)c(Cl)c2)nc1S(C)(=O)=O. The van der Waals surface area contributed by atoms with Gasteiger partial charge in [-0.25, -0.2) is 22.2 Å². The van der Waals surface area contributed by atoms with Crippen LogP contribution >= 0.6 is 11.6 Å². The highest BCUT2D eigenvalue weighted by molar-refractivity contribution is 7.90. The van der Waals surface area contributed by atoms with Crippen molar-refractivity contribution >= 4 is 21.4 Å². The number of aromatic nitrogens is 2. The molecule has 5 nitrogen and oxygen atoms in total. The number of benzene rings is 2. The smallest absolute Gasteiger partial charge is 0.194 e. The zero-order chi connectivity index (χ0) is 20.5. The van der Waals surface area contributed by atoms with Crippen LogP contribution in [0.3, 0.4) is 0 Å². The molecule has 28 heavy (non-hydrogen) atoms. The fourth-order valence-corrected chi connectivity index (χ4v) is 3.83. The van der Waals surface area contributed by atoms with Crippen molar-refractivity contribution in [1.29, 1.82) is 0 Å². The van der Waals surface area contributed by atoms with Crippen LogP contribution in [-0.2, 0) is 21.2 Å². The Hall–Kier alpha value is -2.29. The summed E-state index contributed by atoms with van der Waals surface area (Å²) in [6, 6.07) is 9.91. The molecule has 3 rings (SSSR count).